The number of carbonyl (C=O) groups is 1. The summed E-state index contributed by atoms with van der Waals surface area (Å²) in [7, 11) is 0. The lowest BCUT2D eigenvalue weighted by Gasteiger charge is -2.02. The van der Waals surface area contributed by atoms with Gasteiger partial charge in [0.05, 0.1) is 11.6 Å². The Balaban J connectivity index is 2.21. The third-order valence-corrected chi connectivity index (χ3v) is 3.74. The molecule has 0 aliphatic carbocycles. The zero-order chi connectivity index (χ0) is 17.5. The summed E-state index contributed by atoms with van der Waals surface area (Å²) in [5, 5.41) is 10.1. The molecule has 1 heterocycles. The second-order valence-electron chi connectivity index (χ2n) is 4.99. The summed E-state index contributed by atoms with van der Waals surface area (Å²) < 4.78 is 10.7. The Morgan fingerprint density at radius 2 is 2.12 bits per heavy atom. The van der Waals surface area contributed by atoms with Gasteiger partial charge in [0.15, 0.2) is 0 Å². The first-order valence-electron chi connectivity index (χ1n) is 7.39. The monoisotopic (exact) mass is 363 g/mol. The van der Waals surface area contributed by atoms with Gasteiger partial charge in [-0.3, -0.25) is 0 Å². The lowest BCUT2D eigenvalue weighted by Crippen LogP contribution is -2.07. The van der Waals surface area contributed by atoms with E-state index in [0.29, 0.717) is 27.1 Å². The standard InChI is InChI=1S/C18H15Cl2NO3/c1-2-3-8-23-18(22)12(11-21)9-14-5-7-17(24-14)15-10-13(19)4-6-16(15)20/h4-7,9-10H,2-3,8H2,1H3/b12-9+. The van der Waals surface area contributed by atoms with Crippen molar-refractivity contribution < 1.29 is 13.9 Å². The molecule has 0 aliphatic rings. The number of halogens is 2. The van der Waals surface area contributed by atoms with E-state index >= 15 is 0 Å². The highest BCUT2D eigenvalue weighted by Gasteiger charge is 2.13. The van der Waals surface area contributed by atoms with Gasteiger partial charge in [-0.05, 0) is 36.8 Å². The minimum Gasteiger partial charge on any atom is -0.462 e. The molecule has 0 saturated carbocycles. The van der Waals surface area contributed by atoms with Crippen LogP contribution in [-0.4, -0.2) is 12.6 Å². The molecular formula is C18H15Cl2NO3. The van der Waals surface area contributed by atoms with Crippen LogP contribution in [0.25, 0.3) is 17.4 Å². The van der Waals surface area contributed by atoms with Gasteiger partial charge in [0.25, 0.3) is 0 Å². The summed E-state index contributed by atoms with van der Waals surface area (Å²) >= 11 is 12.1. The van der Waals surface area contributed by atoms with E-state index in [2.05, 4.69) is 0 Å². The highest BCUT2D eigenvalue weighted by Crippen LogP contribution is 2.32. The predicted octanol–water partition coefficient (Wildman–Crippen LogP) is 5.50. The summed E-state index contributed by atoms with van der Waals surface area (Å²) in [6, 6.07) is 10.2. The molecule has 0 bridgehead atoms. The number of benzene rings is 1. The smallest absolute Gasteiger partial charge is 0.349 e. The van der Waals surface area contributed by atoms with Gasteiger partial charge in [-0.1, -0.05) is 36.5 Å². The number of hydrogen-bond donors (Lipinski definition) is 0. The number of ether oxygens (including phenoxy) is 1. The van der Waals surface area contributed by atoms with Crippen molar-refractivity contribution in [2.75, 3.05) is 6.61 Å². The van der Waals surface area contributed by atoms with Crippen LogP contribution in [0.5, 0.6) is 0 Å². The van der Waals surface area contributed by atoms with Gasteiger partial charge >= 0.3 is 5.97 Å². The van der Waals surface area contributed by atoms with Crippen LogP contribution in [-0.2, 0) is 9.53 Å². The highest BCUT2D eigenvalue weighted by atomic mass is 35.5. The third kappa shape index (κ3) is 4.64. The minimum absolute atomic E-state index is 0.121. The van der Waals surface area contributed by atoms with Gasteiger partial charge in [-0.15, -0.1) is 0 Å². The fraction of sp³-hybridized carbons (Fsp3) is 0.222. The number of nitrogens with zero attached hydrogens (tertiary/aromatic N) is 1. The molecule has 0 amide bonds. The molecule has 0 radical (unpaired) electrons. The normalized spacial score (nSPS) is 11.2. The molecule has 1 aromatic heterocycles. The number of hydrogen-bond acceptors (Lipinski definition) is 4. The van der Waals surface area contributed by atoms with Crippen LogP contribution in [0.3, 0.4) is 0 Å². The topological polar surface area (TPSA) is 63.2 Å². The average molecular weight is 364 g/mol. The third-order valence-electron chi connectivity index (χ3n) is 3.18. The summed E-state index contributed by atoms with van der Waals surface area (Å²) in [6.45, 7) is 2.27. The van der Waals surface area contributed by atoms with Gasteiger partial charge in [0.1, 0.15) is 23.2 Å². The Morgan fingerprint density at radius 1 is 1.33 bits per heavy atom. The summed E-state index contributed by atoms with van der Waals surface area (Å²) in [5.41, 5.74) is 0.511. The Hall–Kier alpha value is -2.22. The first kappa shape index (κ1) is 18.1. The van der Waals surface area contributed by atoms with E-state index in [0.717, 1.165) is 12.8 Å². The number of rotatable bonds is 6. The molecule has 1 aromatic carbocycles. The van der Waals surface area contributed by atoms with E-state index < -0.39 is 5.97 Å². The lowest BCUT2D eigenvalue weighted by molar-refractivity contribution is -0.138. The van der Waals surface area contributed by atoms with Crippen molar-refractivity contribution in [1.29, 1.82) is 5.26 Å². The second kappa shape index (κ2) is 8.58. The molecule has 124 valence electrons. The molecule has 24 heavy (non-hydrogen) atoms. The van der Waals surface area contributed by atoms with Crippen molar-refractivity contribution >= 4 is 35.2 Å². The maximum absolute atomic E-state index is 11.8. The molecule has 2 aromatic rings. The molecule has 0 unspecified atom stereocenters. The first-order chi connectivity index (χ1) is 11.5. The van der Waals surface area contributed by atoms with E-state index in [-0.39, 0.29) is 12.2 Å². The van der Waals surface area contributed by atoms with Crippen molar-refractivity contribution in [1.82, 2.24) is 0 Å². The van der Waals surface area contributed by atoms with Crippen molar-refractivity contribution in [3.8, 4) is 17.4 Å². The Morgan fingerprint density at radius 3 is 2.83 bits per heavy atom. The molecule has 0 N–H and O–H groups in total. The predicted molar refractivity (Wildman–Crippen MR) is 93.6 cm³/mol. The number of esters is 1. The van der Waals surface area contributed by atoms with Crippen molar-refractivity contribution in [3.05, 3.63) is 51.7 Å². The number of carbonyl (C=O) groups excluding carboxylic acids is 1. The van der Waals surface area contributed by atoms with Crippen LogP contribution < -0.4 is 0 Å². The van der Waals surface area contributed by atoms with Gasteiger partial charge in [0.2, 0.25) is 0 Å². The zero-order valence-electron chi connectivity index (χ0n) is 13.0. The average Bonchev–Trinajstić information content (AvgIpc) is 3.03. The molecule has 0 atom stereocenters. The maximum Gasteiger partial charge on any atom is 0.349 e. The van der Waals surface area contributed by atoms with Crippen LogP contribution in [0.2, 0.25) is 10.0 Å². The molecular weight excluding hydrogens is 349 g/mol. The van der Waals surface area contributed by atoms with Crippen LogP contribution in [0.4, 0.5) is 0 Å². The minimum atomic E-state index is -0.662. The van der Waals surface area contributed by atoms with Crippen molar-refractivity contribution in [3.63, 3.8) is 0 Å². The SMILES string of the molecule is CCCCOC(=O)/C(C#N)=C/c1ccc(-c2cc(Cl)ccc2Cl)o1. The molecule has 2 rings (SSSR count). The van der Waals surface area contributed by atoms with Crippen LogP contribution >= 0.6 is 23.2 Å². The molecule has 0 spiro atoms. The van der Waals surface area contributed by atoms with E-state index in [1.807, 2.05) is 13.0 Å². The van der Waals surface area contributed by atoms with Gasteiger partial charge < -0.3 is 9.15 Å². The molecule has 0 saturated heterocycles. The zero-order valence-corrected chi connectivity index (χ0v) is 14.5. The van der Waals surface area contributed by atoms with Gasteiger partial charge in [-0.25, -0.2) is 4.79 Å². The molecule has 0 aliphatic heterocycles. The quantitative estimate of drug-likeness (QED) is 0.294. The molecule has 6 heteroatoms. The van der Waals surface area contributed by atoms with E-state index in [9.17, 15) is 4.79 Å². The summed E-state index contributed by atoms with van der Waals surface area (Å²) in [5.74, 6) is 0.181. The second-order valence-corrected chi connectivity index (χ2v) is 5.83. The van der Waals surface area contributed by atoms with Crippen LogP contribution in [0.1, 0.15) is 25.5 Å². The van der Waals surface area contributed by atoms with E-state index in [1.54, 1.807) is 30.3 Å². The van der Waals surface area contributed by atoms with E-state index in [4.69, 9.17) is 37.6 Å². The van der Waals surface area contributed by atoms with Crippen LogP contribution in [0.15, 0.2) is 40.3 Å². The summed E-state index contributed by atoms with van der Waals surface area (Å²) in [6.07, 6.45) is 3.00. The van der Waals surface area contributed by atoms with Crippen LogP contribution in [0, 0.1) is 11.3 Å². The first-order valence-corrected chi connectivity index (χ1v) is 8.15. The Bertz CT molecular complexity index is 803. The Labute approximate surface area is 150 Å². The number of nitriles is 1. The fourth-order valence-corrected chi connectivity index (χ4v) is 2.31. The Kier molecular flexibility index (Phi) is 6.48. The fourth-order valence-electron chi connectivity index (χ4n) is 1.93. The summed E-state index contributed by atoms with van der Waals surface area (Å²) in [4.78, 5) is 11.8. The largest absolute Gasteiger partial charge is 0.462 e. The maximum atomic E-state index is 11.8. The number of unbranched alkanes of at least 4 members (excludes halogenated alkanes) is 1. The van der Waals surface area contributed by atoms with E-state index in [1.165, 1.54) is 6.08 Å². The molecule has 0 fully saturated rings. The van der Waals surface area contributed by atoms with Crippen molar-refractivity contribution in [2.24, 2.45) is 0 Å². The van der Waals surface area contributed by atoms with Gasteiger partial charge in [-0.2, -0.15) is 5.26 Å². The lowest BCUT2D eigenvalue weighted by atomic mass is 10.2. The number of furan rings is 1. The van der Waals surface area contributed by atoms with Crippen molar-refractivity contribution in [2.45, 2.75) is 19.8 Å². The molecule has 4 nitrogen and oxygen atoms in total. The highest BCUT2D eigenvalue weighted by molar-refractivity contribution is 6.35. The van der Waals surface area contributed by atoms with Gasteiger partial charge in [0, 0.05) is 16.7 Å².